The van der Waals surface area contributed by atoms with Crippen molar-refractivity contribution in [2.45, 2.75) is 19.1 Å². The van der Waals surface area contributed by atoms with Crippen molar-refractivity contribution < 1.29 is 8.42 Å². The van der Waals surface area contributed by atoms with Crippen molar-refractivity contribution in [2.24, 2.45) is 0 Å². The number of hydrogen-bond acceptors (Lipinski definition) is 4. The quantitative estimate of drug-likeness (QED) is 0.630. The Balaban J connectivity index is 2.47. The van der Waals surface area contributed by atoms with Gasteiger partial charge in [-0.1, -0.05) is 0 Å². The minimum Gasteiger partial charge on any atom is -0.246 e. The van der Waals surface area contributed by atoms with Crippen LogP contribution in [0.25, 0.3) is 0 Å². The maximum atomic E-state index is 11.2. The third-order valence-electron chi connectivity index (χ3n) is 1.89. The fourth-order valence-corrected chi connectivity index (χ4v) is 4.11. The maximum absolute atomic E-state index is 11.2. The van der Waals surface area contributed by atoms with E-state index < -0.39 is 9.84 Å². The zero-order chi connectivity index (χ0) is 8.77. The average molecular weight is 203 g/mol. The summed E-state index contributed by atoms with van der Waals surface area (Å²) in [6, 6.07) is 0. The lowest BCUT2D eigenvalue weighted by Crippen LogP contribution is -2.17. The first-order valence-electron chi connectivity index (χ1n) is 3.72. The van der Waals surface area contributed by atoms with E-state index in [1.807, 2.05) is 6.92 Å². The molecule has 0 spiro atoms. The third-order valence-corrected chi connectivity index (χ3v) is 4.64. The van der Waals surface area contributed by atoms with Crippen molar-refractivity contribution in [2.75, 3.05) is 5.75 Å². The average Bonchev–Trinajstić information content (AvgIpc) is 2.26. The van der Waals surface area contributed by atoms with E-state index in [1.165, 1.54) is 11.3 Å². The molecule has 1 aliphatic heterocycles. The van der Waals surface area contributed by atoms with Crippen LogP contribution < -0.4 is 0 Å². The van der Waals surface area contributed by atoms with Gasteiger partial charge in [-0.15, -0.1) is 11.3 Å². The number of nitrogens with zero attached hydrogens (tertiary/aromatic N) is 1. The van der Waals surface area contributed by atoms with Gasteiger partial charge in [-0.05, 0) is 6.92 Å². The molecule has 2 rings (SSSR count). The number of fused-ring (bicyclic) bond motifs is 1. The molecule has 12 heavy (non-hydrogen) atoms. The number of hydrogen-bond donors (Lipinski definition) is 0. The van der Waals surface area contributed by atoms with Gasteiger partial charge in [0.2, 0.25) is 0 Å². The first-order chi connectivity index (χ1) is 5.57. The maximum Gasteiger partial charge on any atom is 0.155 e. The lowest BCUT2D eigenvalue weighted by molar-refractivity contribution is 0.591. The van der Waals surface area contributed by atoms with Crippen molar-refractivity contribution in [3.05, 3.63) is 15.6 Å². The lowest BCUT2D eigenvalue weighted by Gasteiger charge is -2.09. The monoisotopic (exact) mass is 203 g/mol. The Bertz CT molecular complexity index is 405. The second-order valence-electron chi connectivity index (χ2n) is 2.94. The summed E-state index contributed by atoms with van der Waals surface area (Å²) >= 11 is 1.50. The van der Waals surface area contributed by atoms with E-state index in [4.69, 9.17) is 0 Å². The molecule has 0 aromatic carbocycles. The number of aromatic nitrogens is 1. The highest BCUT2D eigenvalue weighted by atomic mass is 32.2. The summed E-state index contributed by atoms with van der Waals surface area (Å²) in [6.07, 6.45) is 0.599. The zero-order valence-electron chi connectivity index (χ0n) is 6.70. The molecule has 5 heteroatoms. The molecule has 1 aliphatic rings. The molecule has 0 saturated heterocycles. The molecule has 0 fully saturated rings. The van der Waals surface area contributed by atoms with Crippen LogP contribution in [0.2, 0.25) is 0 Å². The van der Waals surface area contributed by atoms with Gasteiger partial charge in [0.25, 0.3) is 0 Å². The summed E-state index contributed by atoms with van der Waals surface area (Å²) in [5, 5.41) is 0.970. The first-order valence-corrected chi connectivity index (χ1v) is 6.36. The summed E-state index contributed by atoms with van der Waals surface area (Å²) < 4.78 is 22.4. The molecule has 1 aromatic heterocycles. The predicted octanol–water partition coefficient (Wildman–Crippen LogP) is 0.922. The van der Waals surface area contributed by atoms with Crippen LogP contribution in [0.3, 0.4) is 0 Å². The Hall–Kier alpha value is -0.420. The van der Waals surface area contributed by atoms with E-state index in [0.717, 1.165) is 15.6 Å². The standard InChI is InChI=1S/C7H9NO2S2/c1-5-8-6-2-3-12(9,10)4-7(6)11-5/h2-4H2,1H3. The molecule has 0 aliphatic carbocycles. The van der Waals surface area contributed by atoms with Crippen LogP contribution in [0.4, 0.5) is 0 Å². The summed E-state index contributed by atoms with van der Waals surface area (Å²) in [5.74, 6) is 0.469. The van der Waals surface area contributed by atoms with E-state index in [9.17, 15) is 8.42 Å². The first kappa shape index (κ1) is 8.19. The fourth-order valence-electron chi connectivity index (χ4n) is 1.34. The normalized spacial score (nSPS) is 20.4. The molecule has 0 radical (unpaired) electrons. The van der Waals surface area contributed by atoms with Crippen LogP contribution in [-0.4, -0.2) is 19.2 Å². The summed E-state index contributed by atoms with van der Waals surface area (Å²) in [5.41, 5.74) is 0.993. The highest BCUT2D eigenvalue weighted by Gasteiger charge is 2.23. The van der Waals surface area contributed by atoms with Gasteiger partial charge in [0.15, 0.2) is 9.84 Å². The second kappa shape index (κ2) is 2.53. The molecule has 3 nitrogen and oxygen atoms in total. The van der Waals surface area contributed by atoms with Crippen LogP contribution in [0.5, 0.6) is 0 Å². The zero-order valence-corrected chi connectivity index (χ0v) is 8.33. The molecular formula is C7H9NO2S2. The molecule has 2 heterocycles. The van der Waals surface area contributed by atoms with E-state index in [0.29, 0.717) is 6.42 Å². The Morgan fingerprint density at radius 3 is 3.00 bits per heavy atom. The smallest absolute Gasteiger partial charge is 0.155 e. The Kier molecular flexibility index (Phi) is 1.73. The highest BCUT2D eigenvalue weighted by molar-refractivity contribution is 7.90. The summed E-state index contributed by atoms with van der Waals surface area (Å²) in [6.45, 7) is 1.91. The van der Waals surface area contributed by atoms with E-state index in [2.05, 4.69) is 4.98 Å². The van der Waals surface area contributed by atoms with Crippen molar-refractivity contribution in [3.8, 4) is 0 Å². The Labute approximate surface area is 75.4 Å². The number of sulfone groups is 1. The van der Waals surface area contributed by atoms with Gasteiger partial charge < -0.3 is 0 Å². The van der Waals surface area contributed by atoms with Crippen LogP contribution in [0.1, 0.15) is 15.6 Å². The van der Waals surface area contributed by atoms with Crippen molar-refractivity contribution in [1.82, 2.24) is 4.98 Å². The summed E-state index contributed by atoms with van der Waals surface area (Å²) in [4.78, 5) is 5.21. The van der Waals surface area contributed by atoms with Crippen molar-refractivity contribution >= 4 is 21.2 Å². The number of rotatable bonds is 0. The van der Waals surface area contributed by atoms with Gasteiger partial charge in [0.05, 0.1) is 22.2 Å². The van der Waals surface area contributed by atoms with Crippen LogP contribution in [0.15, 0.2) is 0 Å². The van der Waals surface area contributed by atoms with Crippen molar-refractivity contribution in [3.63, 3.8) is 0 Å². The van der Waals surface area contributed by atoms with E-state index >= 15 is 0 Å². The topological polar surface area (TPSA) is 47.0 Å². The molecule has 0 atom stereocenters. The molecule has 66 valence electrons. The largest absolute Gasteiger partial charge is 0.246 e. The molecule has 0 N–H and O–H groups in total. The van der Waals surface area contributed by atoms with E-state index in [-0.39, 0.29) is 11.5 Å². The van der Waals surface area contributed by atoms with Gasteiger partial charge in [-0.3, -0.25) is 0 Å². The molecule has 0 amide bonds. The molecule has 0 unspecified atom stereocenters. The summed E-state index contributed by atoms with van der Waals surface area (Å²) in [7, 11) is -2.81. The number of thiazole rings is 1. The van der Waals surface area contributed by atoms with Gasteiger partial charge in [-0.2, -0.15) is 0 Å². The fraction of sp³-hybridized carbons (Fsp3) is 0.571. The van der Waals surface area contributed by atoms with Gasteiger partial charge in [0.1, 0.15) is 0 Å². The molecule has 0 bridgehead atoms. The molecule has 0 saturated carbocycles. The van der Waals surface area contributed by atoms with Crippen LogP contribution >= 0.6 is 11.3 Å². The van der Waals surface area contributed by atoms with Gasteiger partial charge in [0, 0.05) is 11.3 Å². The minimum absolute atomic E-state index is 0.202. The Morgan fingerprint density at radius 2 is 2.25 bits per heavy atom. The number of aryl methyl sites for hydroxylation is 2. The van der Waals surface area contributed by atoms with Crippen LogP contribution in [0, 0.1) is 6.92 Å². The van der Waals surface area contributed by atoms with Crippen LogP contribution in [-0.2, 0) is 22.0 Å². The SMILES string of the molecule is Cc1nc2c(s1)CS(=O)(=O)CC2. The minimum atomic E-state index is -2.81. The molecule has 1 aromatic rings. The van der Waals surface area contributed by atoms with Gasteiger partial charge >= 0.3 is 0 Å². The Morgan fingerprint density at radius 1 is 1.50 bits per heavy atom. The third kappa shape index (κ3) is 1.38. The lowest BCUT2D eigenvalue weighted by atomic mass is 10.3. The molecular weight excluding hydrogens is 194 g/mol. The van der Waals surface area contributed by atoms with E-state index in [1.54, 1.807) is 0 Å². The van der Waals surface area contributed by atoms with Crippen molar-refractivity contribution in [1.29, 1.82) is 0 Å². The highest BCUT2D eigenvalue weighted by Crippen LogP contribution is 2.25. The second-order valence-corrected chi connectivity index (χ2v) is 6.42. The van der Waals surface area contributed by atoms with Gasteiger partial charge in [-0.25, -0.2) is 13.4 Å². The predicted molar refractivity (Wildman–Crippen MR) is 48.0 cm³/mol.